The fourth-order valence-corrected chi connectivity index (χ4v) is 4.34. The number of likely N-dealkylation sites (tertiary alicyclic amines) is 1. The van der Waals surface area contributed by atoms with Gasteiger partial charge in [0.15, 0.2) is 23.0 Å². The predicted octanol–water partition coefficient (Wildman–Crippen LogP) is 4.32. The van der Waals surface area contributed by atoms with Crippen molar-refractivity contribution in [2.75, 3.05) is 13.1 Å². The van der Waals surface area contributed by atoms with Crippen molar-refractivity contribution >= 4 is 16.6 Å². The van der Waals surface area contributed by atoms with Gasteiger partial charge < -0.3 is 10.5 Å². The number of aromatic nitrogens is 4. The lowest BCUT2D eigenvalue weighted by Crippen LogP contribution is -2.38. The lowest BCUT2D eigenvalue weighted by molar-refractivity contribution is -0.183. The number of nitrogens with zero attached hydrogens (tertiary/aromatic N) is 5. The zero-order valence-electron chi connectivity index (χ0n) is 17.9. The molecule has 13 heteroatoms. The van der Waals surface area contributed by atoms with E-state index in [4.69, 9.17) is 5.73 Å². The predicted molar refractivity (Wildman–Crippen MR) is 113 cm³/mol. The summed E-state index contributed by atoms with van der Waals surface area (Å²) in [7, 11) is 0. The quantitative estimate of drug-likeness (QED) is 0.415. The molecule has 1 aromatic carbocycles. The Labute approximate surface area is 194 Å². The Morgan fingerprint density at radius 3 is 2.57 bits per heavy atom. The molecule has 7 nitrogen and oxygen atoms in total. The fraction of sp³-hybridized carbons (Fsp3) is 0.318. The van der Waals surface area contributed by atoms with Crippen molar-refractivity contribution < 1.29 is 31.1 Å². The molecule has 1 aliphatic heterocycles. The average molecular weight is 496 g/mol. The number of benzene rings is 1. The van der Waals surface area contributed by atoms with Crippen LogP contribution in [0.2, 0.25) is 0 Å². The van der Waals surface area contributed by atoms with E-state index in [9.17, 15) is 26.3 Å². The lowest BCUT2D eigenvalue weighted by Gasteiger charge is -2.30. The highest BCUT2D eigenvalue weighted by Gasteiger charge is 2.46. The van der Waals surface area contributed by atoms with E-state index in [1.807, 2.05) is 0 Å². The molecule has 4 heterocycles. The van der Waals surface area contributed by atoms with Gasteiger partial charge in [0.1, 0.15) is 11.7 Å². The van der Waals surface area contributed by atoms with Gasteiger partial charge >= 0.3 is 12.8 Å². The number of nitrogens with two attached hydrogens (primary N) is 1. The van der Waals surface area contributed by atoms with Crippen LogP contribution in [-0.2, 0) is 0 Å². The maximum Gasteiger partial charge on any atom is 0.408 e. The third-order valence-electron chi connectivity index (χ3n) is 5.86. The second-order valence-electron chi connectivity index (χ2n) is 8.25. The first kappa shape index (κ1) is 23.3. The van der Waals surface area contributed by atoms with Crippen LogP contribution in [-0.4, -0.2) is 56.4 Å². The van der Waals surface area contributed by atoms with E-state index in [-0.39, 0.29) is 47.4 Å². The Bertz CT molecular complexity index is 1390. The molecule has 0 spiro atoms. The van der Waals surface area contributed by atoms with Crippen LogP contribution in [0.25, 0.3) is 28.1 Å². The summed E-state index contributed by atoms with van der Waals surface area (Å²) < 4.78 is 86.8. The van der Waals surface area contributed by atoms with E-state index >= 15 is 0 Å². The molecule has 0 bridgehead atoms. The first-order chi connectivity index (χ1) is 16.6. The van der Waals surface area contributed by atoms with Gasteiger partial charge in [0.25, 0.3) is 0 Å². The van der Waals surface area contributed by atoms with Gasteiger partial charge in [-0.05, 0) is 30.2 Å². The smallest absolute Gasteiger partial charge is 0.408 e. The number of rotatable bonds is 5. The summed E-state index contributed by atoms with van der Waals surface area (Å²) in [5.74, 6) is -1.53. The van der Waals surface area contributed by atoms with Crippen LogP contribution >= 0.6 is 0 Å². The zero-order chi connectivity index (χ0) is 24.9. The van der Waals surface area contributed by atoms with Crippen LogP contribution in [0.3, 0.4) is 0 Å². The van der Waals surface area contributed by atoms with Gasteiger partial charge in [-0.25, -0.2) is 9.37 Å². The van der Waals surface area contributed by atoms with Gasteiger partial charge in [0.2, 0.25) is 0 Å². The molecule has 2 N–H and O–H groups in total. The maximum atomic E-state index is 14.0. The normalized spacial score (nSPS) is 18.1. The number of alkyl halides is 5. The van der Waals surface area contributed by atoms with Crippen molar-refractivity contribution in [2.24, 2.45) is 5.73 Å². The third kappa shape index (κ3) is 4.48. The molecule has 1 saturated heterocycles. The van der Waals surface area contributed by atoms with Gasteiger partial charge in [-0.2, -0.15) is 22.0 Å². The summed E-state index contributed by atoms with van der Waals surface area (Å²) in [6, 6.07) is 5.56. The van der Waals surface area contributed by atoms with E-state index < -0.39 is 30.4 Å². The van der Waals surface area contributed by atoms with Crippen LogP contribution in [0.15, 0.2) is 42.6 Å². The summed E-state index contributed by atoms with van der Waals surface area (Å²) in [5, 5.41) is 8.35. The minimum Gasteiger partial charge on any atom is -0.432 e. The minimum absolute atomic E-state index is 0.0179. The first-order valence-electron chi connectivity index (χ1n) is 10.6. The monoisotopic (exact) mass is 496 g/mol. The molecule has 0 aliphatic carbocycles. The second-order valence-corrected chi connectivity index (χ2v) is 8.25. The molecular weight excluding hydrogens is 478 g/mol. The van der Waals surface area contributed by atoms with E-state index in [2.05, 4.69) is 19.9 Å². The van der Waals surface area contributed by atoms with Crippen molar-refractivity contribution in [3.8, 4) is 17.3 Å². The molecule has 2 atom stereocenters. The van der Waals surface area contributed by atoms with Crippen molar-refractivity contribution in [3.05, 3.63) is 54.0 Å². The largest absolute Gasteiger partial charge is 0.432 e. The van der Waals surface area contributed by atoms with E-state index in [1.165, 1.54) is 39.8 Å². The number of ether oxygens (including phenoxy) is 1. The molecule has 1 aliphatic rings. The number of fused-ring (bicyclic) bond motifs is 2. The molecule has 0 radical (unpaired) electrons. The Balaban J connectivity index is 1.58. The number of halogens is 6. The number of hydrogen-bond donors (Lipinski definition) is 1. The fourth-order valence-electron chi connectivity index (χ4n) is 4.34. The van der Waals surface area contributed by atoms with Crippen molar-refractivity contribution in [3.63, 3.8) is 0 Å². The van der Waals surface area contributed by atoms with E-state index in [0.717, 1.165) is 12.1 Å². The van der Waals surface area contributed by atoms with Gasteiger partial charge in [0.05, 0.1) is 5.52 Å². The zero-order valence-corrected chi connectivity index (χ0v) is 17.9. The third-order valence-corrected chi connectivity index (χ3v) is 5.86. The molecule has 1 fully saturated rings. The van der Waals surface area contributed by atoms with Gasteiger partial charge in [-0.15, -0.1) is 10.2 Å². The molecular formula is C22H18F6N6O. The molecule has 4 aromatic rings. The molecule has 2 unspecified atom stereocenters. The van der Waals surface area contributed by atoms with Gasteiger partial charge in [-0.3, -0.25) is 9.30 Å². The van der Waals surface area contributed by atoms with Crippen LogP contribution in [0.4, 0.5) is 26.3 Å². The number of hydrogen-bond acceptors (Lipinski definition) is 6. The molecule has 0 amide bonds. The molecule has 5 rings (SSSR count). The van der Waals surface area contributed by atoms with E-state index in [1.54, 1.807) is 0 Å². The van der Waals surface area contributed by atoms with Crippen molar-refractivity contribution in [1.29, 1.82) is 0 Å². The van der Waals surface area contributed by atoms with E-state index in [0.29, 0.717) is 11.8 Å². The standard InChI is InChI=1S/C22H18F6N6O/c23-14-7-11-1-3-15(30-16(11)8-17(14)35-21(24)25)20-32-31-18-4-2-12(9-34(18)20)19(22(26,27)28)33-6-5-13(29)10-33/h1-4,7-9,13,19,21H,5-6,10,29H2. The molecule has 0 saturated carbocycles. The van der Waals surface area contributed by atoms with Crippen molar-refractivity contribution in [1.82, 2.24) is 24.5 Å². The highest BCUT2D eigenvalue weighted by Crippen LogP contribution is 2.39. The molecule has 184 valence electrons. The van der Waals surface area contributed by atoms with Crippen LogP contribution in [0.1, 0.15) is 18.0 Å². The Morgan fingerprint density at radius 2 is 1.89 bits per heavy atom. The van der Waals surface area contributed by atoms with Crippen molar-refractivity contribution in [2.45, 2.75) is 31.3 Å². The Hall–Kier alpha value is -3.45. The lowest BCUT2D eigenvalue weighted by atomic mass is 10.1. The summed E-state index contributed by atoms with van der Waals surface area (Å²) in [4.78, 5) is 5.62. The Kier molecular flexibility index (Phi) is 5.75. The maximum absolute atomic E-state index is 14.0. The van der Waals surface area contributed by atoms with Crippen LogP contribution in [0, 0.1) is 5.82 Å². The van der Waals surface area contributed by atoms with Crippen LogP contribution in [0.5, 0.6) is 5.75 Å². The van der Waals surface area contributed by atoms with Crippen LogP contribution < -0.4 is 10.5 Å². The number of pyridine rings is 2. The van der Waals surface area contributed by atoms with Gasteiger partial charge in [-0.1, -0.05) is 12.1 Å². The minimum atomic E-state index is -4.54. The summed E-state index contributed by atoms with van der Waals surface area (Å²) in [5.41, 5.74) is 6.43. The molecule has 35 heavy (non-hydrogen) atoms. The highest BCUT2D eigenvalue weighted by molar-refractivity contribution is 5.82. The first-order valence-corrected chi connectivity index (χ1v) is 10.6. The highest BCUT2D eigenvalue weighted by atomic mass is 19.4. The average Bonchev–Trinajstić information content (AvgIpc) is 3.39. The molecule has 3 aromatic heterocycles. The Morgan fingerprint density at radius 1 is 1.09 bits per heavy atom. The summed E-state index contributed by atoms with van der Waals surface area (Å²) in [6.07, 6.45) is -2.78. The summed E-state index contributed by atoms with van der Waals surface area (Å²) >= 11 is 0. The second kappa shape index (κ2) is 8.64. The SMILES string of the molecule is NC1CCN(C(c2ccc3nnc(-c4ccc5cc(F)c(OC(F)F)cc5n4)n3c2)C(F)(F)F)C1. The topological polar surface area (TPSA) is 81.6 Å². The summed E-state index contributed by atoms with van der Waals surface area (Å²) in [6.45, 7) is -2.90. The van der Waals surface area contributed by atoms with Gasteiger partial charge in [0, 0.05) is 36.8 Å².